The second-order valence-corrected chi connectivity index (χ2v) is 4.50. The van der Waals surface area contributed by atoms with Crippen LogP contribution in [0.5, 0.6) is 0 Å². The zero-order valence-electron chi connectivity index (χ0n) is 11.2. The summed E-state index contributed by atoms with van der Waals surface area (Å²) in [6.07, 6.45) is 1.73. The van der Waals surface area contributed by atoms with Crippen LogP contribution in [0, 0.1) is 0 Å². The van der Waals surface area contributed by atoms with Gasteiger partial charge < -0.3 is 16.2 Å². The molecule has 0 bridgehead atoms. The first-order valence-electron chi connectivity index (χ1n) is 6.32. The van der Waals surface area contributed by atoms with Crippen molar-refractivity contribution in [3.63, 3.8) is 0 Å². The summed E-state index contributed by atoms with van der Waals surface area (Å²) < 4.78 is 0. The molecule has 6 nitrogen and oxygen atoms in total. The van der Waals surface area contributed by atoms with Gasteiger partial charge in [-0.3, -0.25) is 4.79 Å². The SMILES string of the molecule is C=CCC(Nc1cc(C(N)=O)c2ccccc2n1)C(=O)O. The Morgan fingerprint density at radius 3 is 2.76 bits per heavy atom. The van der Waals surface area contributed by atoms with Gasteiger partial charge in [-0.2, -0.15) is 0 Å². The molecule has 1 aromatic heterocycles. The number of nitrogens with one attached hydrogen (secondary N) is 1. The van der Waals surface area contributed by atoms with Gasteiger partial charge in [0.15, 0.2) is 0 Å². The standard InChI is InChI=1S/C15H15N3O3/c1-2-5-12(15(20)21)18-13-8-10(14(16)19)9-6-3-4-7-11(9)17-13/h2-4,6-8,12H,1,5H2,(H2,16,19)(H,17,18)(H,20,21). The molecule has 108 valence electrons. The Kier molecular flexibility index (Phi) is 4.18. The molecule has 0 aliphatic rings. The van der Waals surface area contributed by atoms with Crippen molar-refractivity contribution < 1.29 is 14.7 Å². The number of para-hydroxylation sites is 1. The van der Waals surface area contributed by atoms with Gasteiger partial charge in [-0.15, -0.1) is 6.58 Å². The van der Waals surface area contributed by atoms with Crippen LogP contribution in [0.4, 0.5) is 5.82 Å². The number of benzene rings is 1. The third-order valence-electron chi connectivity index (χ3n) is 3.00. The van der Waals surface area contributed by atoms with Crippen LogP contribution in [0.25, 0.3) is 10.9 Å². The summed E-state index contributed by atoms with van der Waals surface area (Å²) in [5.41, 5.74) is 6.24. The third kappa shape index (κ3) is 3.17. The van der Waals surface area contributed by atoms with E-state index in [0.717, 1.165) is 0 Å². The number of rotatable bonds is 6. The number of aromatic nitrogens is 1. The predicted molar refractivity (Wildman–Crippen MR) is 80.1 cm³/mol. The topological polar surface area (TPSA) is 105 Å². The number of amides is 1. The normalized spacial score (nSPS) is 11.8. The lowest BCUT2D eigenvalue weighted by Gasteiger charge is -2.14. The molecule has 0 aliphatic carbocycles. The van der Waals surface area contributed by atoms with Crippen molar-refractivity contribution in [2.45, 2.75) is 12.5 Å². The molecule has 1 atom stereocenters. The molecule has 1 amide bonds. The van der Waals surface area contributed by atoms with E-state index in [-0.39, 0.29) is 12.2 Å². The number of anilines is 1. The highest BCUT2D eigenvalue weighted by atomic mass is 16.4. The first kappa shape index (κ1) is 14.5. The summed E-state index contributed by atoms with van der Waals surface area (Å²) in [5, 5.41) is 12.5. The number of carboxylic acids is 1. The van der Waals surface area contributed by atoms with Crippen LogP contribution in [0.3, 0.4) is 0 Å². The summed E-state index contributed by atoms with van der Waals surface area (Å²) >= 11 is 0. The number of fused-ring (bicyclic) bond motifs is 1. The molecular weight excluding hydrogens is 270 g/mol. The predicted octanol–water partition coefficient (Wildman–Crippen LogP) is 1.77. The van der Waals surface area contributed by atoms with Crippen molar-refractivity contribution in [1.82, 2.24) is 4.98 Å². The molecule has 6 heteroatoms. The Morgan fingerprint density at radius 2 is 2.14 bits per heavy atom. The van der Waals surface area contributed by atoms with Gasteiger partial charge in [0, 0.05) is 5.39 Å². The number of carbonyl (C=O) groups is 2. The second kappa shape index (κ2) is 6.04. The van der Waals surface area contributed by atoms with Crippen molar-refractivity contribution in [2.75, 3.05) is 5.32 Å². The highest BCUT2D eigenvalue weighted by Crippen LogP contribution is 2.21. The van der Waals surface area contributed by atoms with Gasteiger partial charge in [-0.25, -0.2) is 9.78 Å². The molecule has 0 aliphatic heterocycles. The Balaban J connectivity index is 2.47. The average molecular weight is 285 g/mol. The van der Waals surface area contributed by atoms with Crippen molar-refractivity contribution >= 4 is 28.6 Å². The first-order valence-corrected chi connectivity index (χ1v) is 6.32. The van der Waals surface area contributed by atoms with Gasteiger partial charge in [0.2, 0.25) is 5.91 Å². The van der Waals surface area contributed by atoms with Gasteiger partial charge in [0.05, 0.1) is 11.1 Å². The number of hydrogen-bond acceptors (Lipinski definition) is 4. The molecule has 0 radical (unpaired) electrons. The van der Waals surface area contributed by atoms with Gasteiger partial charge in [0.25, 0.3) is 0 Å². The Bertz CT molecular complexity index is 712. The number of nitrogens with zero attached hydrogens (tertiary/aromatic N) is 1. The zero-order chi connectivity index (χ0) is 15.4. The van der Waals surface area contributed by atoms with Crippen molar-refractivity contribution in [3.05, 3.63) is 48.6 Å². The van der Waals surface area contributed by atoms with Gasteiger partial charge in [0.1, 0.15) is 11.9 Å². The minimum Gasteiger partial charge on any atom is -0.480 e. The molecule has 2 aromatic rings. The average Bonchev–Trinajstić information content (AvgIpc) is 2.45. The minimum atomic E-state index is -1.02. The van der Waals surface area contributed by atoms with Gasteiger partial charge in [-0.1, -0.05) is 24.3 Å². The zero-order valence-corrected chi connectivity index (χ0v) is 11.2. The molecule has 0 saturated heterocycles. The monoisotopic (exact) mass is 285 g/mol. The lowest BCUT2D eigenvalue weighted by molar-refractivity contribution is -0.137. The number of nitrogens with two attached hydrogens (primary N) is 1. The van der Waals surface area contributed by atoms with Crippen LogP contribution in [0.15, 0.2) is 43.0 Å². The fraction of sp³-hybridized carbons (Fsp3) is 0.133. The number of aliphatic carboxylic acids is 1. The summed E-state index contributed by atoms with van der Waals surface area (Å²) in [5.74, 6) is -1.32. The van der Waals surface area contributed by atoms with Crippen LogP contribution >= 0.6 is 0 Å². The smallest absolute Gasteiger partial charge is 0.326 e. The molecule has 1 aromatic carbocycles. The molecule has 4 N–H and O–H groups in total. The molecule has 1 heterocycles. The summed E-state index contributed by atoms with van der Waals surface area (Å²) in [6.45, 7) is 3.52. The molecular formula is C15H15N3O3. The van der Waals surface area contributed by atoms with Crippen LogP contribution in [-0.4, -0.2) is 28.0 Å². The van der Waals surface area contributed by atoms with E-state index < -0.39 is 17.9 Å². The first-order chi connectivity index (χ1) is 10.0. The van der Waals surface area contributed by atoms with E-state index in [1.165, 1.54) is 12.1 Å². The fourth-order valence-corrected chi connectivity index (χ4v) is 2.02. The third-order valence-corrected chi connectivity index (χ3v) is 3.00. The molecule has 0 spiro atoms. The van der Waals surface area contributed by atoms with Gasteiger partial charge >= 0.3 is 5.97 Å². The molecule has 0 saturated carbocycles. The summed E-state index contributed by atoms with van der Waals surface area (Å²) in [6, 6.07) is 7.63. The maximum Gasteiger partial charge on any atom is 0.326 e. The Labute approximate surface area is 121 Å². The van der Waals surface area contributed by atoms with Crippen molar-refractivity contribution in [1.29, 1.82) is 0 Å². The Hall–Kier alpha value is -2.89. The van der Waals surface area contributed by atoms with E-state index in [2.05, 4.69) is 16.9 Å². The molecule has 21 heavy (non-hydrogen) atoms. The van der Waals surface area contributed by atoms with E-state index in [9.17, 15) is 9.59 Å². The second-order valence-electron chi connectivity index (χ2n) is 4.50. The Morgan fingerprint density at radius 1 is 1.43 bits per heavy atom. The lowest BCUT2D eigenvalue weighted by atomic mass is 10.1. The van der Waals surface area contributed by atoms with Crippen LogP contribution < -0.4 is 11.1 Å². The largest absolute Gasteiger partial charge is 0.480 e. The van der Waals surface area contributed by atoms with Crippen molar-refractivity contribution in [2.24, 2.45) is 5.73 Å². The number of primary amides is 1. The number of hydrogen-bond donors (Lipinski definition) is 3. The summed E-state index contributed by atoms with van der Waals surface area (Å²) in [4.78, 5) is 27.0. The van der Waals surface area contributed by atoms with E-state index in [0.29, 0.717) is 16.5 Å². The minimum absolute atomic E-state index is 0.232. The van der Waals surface area contributed by atoms with Crippen LogP contribution in [0.2, 0.25) is 0 Å². The van der Waals surface area contributed by atoms with Crippen LogP contribution in [0.1, 0.15) is 16.8 Å². The number of carboxylic acid groups (broad SMARTS) is 1. The van der Waals surface area contributed by atoms with E-state index in [4.69, 9.17) is 10.8 Å². The maximum atomic E-state index is 11.5. The van der Waals surface area contributed by atoms with E-state index in [1.54, 1.807) is 24.3 Å². The maximum absolute atomic E-state index is 11.5. The lowest BCUT2D eigenvalue weighted by Crippen LogP contribution is -2.29. The van der Waals surface area contributed by atoms with Crippen LogP contribution in [-0.2, 0) is 4.79 Å². The molecule has 2 rings (SSSR count). The van der Waals surface area contributed by atoms with Crippen molar-refractivity contribution in [3.8, 4) is 0 Å². The fourth-order valence-electron chi connectivity index (χ4n) is 2.02. The molecule has 1 unspecified atom stereocenters. The number of carbonyl (C=O) groups excluding carboxylic acids is 1. The van der Waals surface area contributed by atoms with E-state index in [1.807, 2.05) is 0 Å². The summed E-state index contributed by atoms with van der Waals surface area (Å²) in [7, 11) is 0. The number of pyridine rings is 1. The highest BCUT2D eigenvalue weighted by molar-refractivity contribution is 6.06. The quantitative estimate of drug-likeness (QED) is 0.701. The van der Waals surface area contributed by atoms with Gasteiger partial charge in [-0.05, 0) is 18.6 Å². The van der Waals surface area contributed by atoms with E-state index >= 15 is 0 Å². The highest BCUT2D eigenvalue weighted by Gasteiger charge is 2.17. The molecule has 0 fully saturated rings.